The third-order valence-corrected chi connectivity index (χ3v) is 7.41. The molecule has 34 heavy (non-hydrogen) atoms. The van der Waals surface area contributed by atoms with E-state index < -0.39 is 5.82 Å². The number of nitrogens with zero attached hydrogens (tertiary/aromatic N) is 4. The lowest BCUT2D eigenvalue weighted by atomic mass is 9.79. The Hall–Kier alpha value is -2.71. The highest BCUT2D eigenvalue weighted by atomic mass is 35.5. The van der Waals surface area contributed by atoms with Gasteiger partial charge in [-0.3, -0.25) is 4.79 Å². The summed E-state index contributed by atoms with van der Waals surface area (Å²) in [5, 5.41) is 5.23. The van der Waals surface area contributed by atoms with E-state index in [4.69, 9.17) is 21.1 Å². The minimum atomic E-state index is -0.420. The first-order chi connectivity index (χ1) is 16.4. The van der Waals surface area contributed by atoms with Crippen LogP contribution in [-0.4, -0.2) is 45.2 Å². The molecule has 0 N–H and O–H groups in total. The van der Waals surface area contributed by atoms with Gasteiger partial charge in [0.15, 0.2) is 5.65 Å². The number of methoxy groups -OCH3 is 1. The van der Waals surface area contributed by atoms with Gasteiger partial charge in [-0.25, -0.2) is 13.9 Å². The first-order valence-corrected chi connectivity index (χ1v) is 12.0. The molecule has 0 bridgehead atoms. The highest BCUT2D eigenvalue weighted by Crippen LogP contribution is 2.37. The number of hydrogen-bond donors (Lipinski definition) is 0. The second-order valence-corrected chi connectivity index (χ2v) is 9.65. The highest BCUT2D eigenvalue weighted by molar-refractivity contribution is 6.31. The molecule has 5 rings (SSSR count). The Morgan fingerprint density at radius 1 is 1.26 bits per heavy atom. The van der Waals surface area contributed by atoms with Gasteiger partial charge in [0.1, 0.15) is 11.6 Å². The van der Waals surface area contributed by atoms with Crippen molar-refractivity contribution in [3.8, 4) is 5.75 Å². The molecule has 1 aromatic carbocycles. The van der Waals surface area contributed by atoms with Gasteiger partial charge in [0.25, 0.3) is 5.91 Å². The molecule has 1 amide bonds. The Balaban J connectivity index is 1.31. The van der Waals surface area contributed by atoms with Crippen LogP contribution < -0.4 is 4.74 Å². The smallest absolute Gasteiger partial charge is 0.258 e. The Labute approximate surface area is 202 Å². The van der Waals surface area contributed by atoms with E-state index in [1.165, 1.54) is 18.2 Å². The fourth-order valence-electron chi connectivity index (χ4n) is 4.90. The molecule has 2 aromatic heterocycles. The van der Waals surface area contributed by atoms with Gasteiger partial charge in [-0.2, -0.15) is 5.10 Å². The Kier molecular flexibility index (Phi) is 6.20. The molecule has 0 saturated heterocycles. The van der Waals surface area contributed by atoms with Crippen LogP contribution in [0.2, 0.25) is 5.02 Å². The lowest BCUT2D eigenvalue weighted by Crippen LogP contribution is -2.35. The SMILES string of the molecule is COCCCC1CC(Oc2cc(F)ccc2C(=O)N2Cc3nn4c(C)c(Cl)c(C)nc4c3C2)C1. The van der Waals surface area contributed by atoms with Crippen molar-refractivity contribution in [2.45, 2.75) is 58.7 Å². The average molecular weight is 487 g/mol. The number of aryl methyl sites for hydroxylation is 2. The van der Waals surface area contributed by atoms with Crippen molar-refractivity contribution >= 4 is 23.2 Å². The topological polar surface area (TPSA) is 69.0 Å². The van der Waals surface area contributed by atoms with Crippen LogP contribution in [0.1, 0.15) is 58.7 Å². The predicted molar refractivity (Wildman–Crippen MR) is 126 cm³/mol. The van der Waals surface area contributed by atoms with Crippen LogP contribution in [-0.2, 0) is 17.8 Å². The Morgan fingerprint density at radius 3 is 2.82 bits per heavy atom. The third-order valence-electron chi connectivity index (χ3n) is 6.86. The van der Waals surface area contributed by atoms with Crippen molar-refractivity contribution in [2.75, 3.05) is 13.7 Å². The zero-order chi connectivity index (χ0) is 24.0. The minimum Gasteiger partial charge on any atom is -0.489 e. The van der Waals surface area contributed by atoms with Crippen molar-refractivity contribution in [2.24, 2.45) is 5.92 Å². The molecule has 0 unspecified atom stereocenters. The molecule has 3 aromatic rings. The van der Waals surface area contributed by atoms with Gasteiger partial charge in [-0.05, 0) is 57.6 Å². The number of fused-ring (bicyclic) bond motifs is 3. The molecule has 3 heterocycles. The summed E-state index contributed by atoms with van der Waals surface area (Å²) >= 11 is 6.33. The maximum Gasteiger partial charge on any atom is 0.258 e. The Morgan fingerprint density at radius 2 is 2.06 bits per heavy atom. The van der Waals surface area contributed by atoms with Crippen molar-refractivity contribution in [1.82, 2.24) is 19.5 Å². The molecule has 9 heteroatoms. The second kappa shape index (κ2) is 9.15. The summed E-state index contributed by atoms with van der Waals surface area (Å²) in [5.41, 5.74) is 4.36. The molecular weight excluding hydrogens is 459 g/mol. The monoisotopic (exact) mass is 486 g/mol. The number of carbonyl (C=O) groups is 1. The van der Waals surface area contributed by atoms with Gasteiger partial charge in [0.2, 0.25) is 0 Å². The van der Waals surface area contributed by atoms with Crippen LogP contribution in [0, 0.1) is 25.6 Å². The van der Waals surface area contributed by atoms with Crippen molar-refractivity contribution in [1.29, 1.82) is 0 Å². The predicted octanol–water partition coefficient (Wildman–Crippen LogP) is 4.88. The largest absolute Gasteiger partial charge is 0.489 e. The number of hydrogen-bond acceptors (Lipinski definition) is 5. The van der Waals surface area contributed by atoms with Gasteiger partial charge < -0.3 is 14.4 Å². The number of aromatic nitrogens is 3. The summed E-state index contributed by atoms with van der Waals surface area (Å²) in [4.78, 5) is 19.7. The fourth-order valence-corrected chi connectivity index (χ4v) is 5.02. The maximum absolute atomic E-state index is 14.0. The van der Waals surface area contributed by atoms with Gasteiger partial charge in [0.05, 0.1) is 46.9 Å². The fraction of sp³-hybridized carbons (Fsp3) is 0.480. The molecule has 0 spiro atoms. The van der Waals surface area contributed by atoms with Crippen molar-refractivity contribution in [3.05, 3.63) is 57.2 Å². The molecule has 180 valence electrons. The van der Waals surface area contributed by atoms with E-state index in [0.29, 0.717) is 41.0 Å². The Bertz CT molecular complexity index is 1250. The normalized spacial score (nSPS) is 19.4. The van der Waals surface area contributed by atoms with E-state index in [1.54, 1.807) is 16.5 Å². The van der Waals surface area contributed by atoms with Crippen LogP contribution in [0.25, 0.3) is 5.65 Å². The minimum absolute atomic E-state index is 0.000722. The first-order valence-electron chi connectivity index (χ1n) is 11.6. The molecule has 1 aliphatic heterocycles. The van der Waals surface area contributed by atoms with Crippen LogP contribution in [0.3, 0.4) is 0 Å². The van der Waals surface area contributed by atoms with Crippen molar-refractivity contribution < 1.29 is 18.7 Å². The number of halogens is 2. The van der Waals surface area contributed by atoms with E-state index in [9.17, 15) is 9.18 Å². The zero-order valence-corrected chi connectivity index (χ0v) is 20.4. The maximum atomic E-state index is 14.0. The van der Waals surface area contributed by atoms with E-state index >= 15 is 0 Å². The van der Waals surface area contributed by atoms with Gasteiger partial charge >= 0.3 is 0 Å². The lowest BCUT2D eigenvalue weighted by molar-refractivity contribution is 0.0521. The summed E-state index contributed by atoms with van der Waals surface area (Å²) in [6, 6.07) is 4.13. The van der Waals surface area contributed by atoms with Gasteiger partial charge in [-0.15, -0.1) is 0 Å². The van der Waals surface area contributed by atoms with E-state index in [-0.39, 0.29) is 12.0 Å². The van der Waals surface area contributed by atoms with Crippen LogP contribution in [0.15, 0.2) is 18.2 Å². The third kappa shape index (κ3) is 4.14. The van der Waals surface area contributed by atoms with E-state index in [1.807, 2.05) is 13.8 Å². The van der Waals surface area contributed by atoms with Crippen LogP contribution in [0.4, 0.5) is 4.39 Å². The quantitative estimate of drug-likeness (QED) is 0.445. The number of benzene rings is 1. The molecular formula is C25H28ClFN4O3. The summed E-state index contributed by atoms with van der Waals surface area (Å²) in [5.74, 6) is 0.271. The molecule has 1 aliphatic carbocycles. The van der Waals surface area contributed by atoms with Crippen molar-refractivity contribution in [3.63, 3.8) is 0 Å². The molecule has 0 atom stereocenters. The second-order valence-electron chi connectivity index (χ2n) is 9.27. The summed E-state index contributed by atoms with van der Waals surface area (Å²) in [6.45, 7) is 5.26. The van der Waals surface area contributed by atoms with Gasteiger partial charge in [0, 0.05) is 25.3 Å². The van der Waals surface area contributed by atoms with E-state index in [2.05, 4.69) is 10.1 Å². The molecule has 7 nitrogen and oxygen atoms in total. The van der Waals surface area contributed by atoms with Crippen LogP contribution >= 0.6 is 11.6 Å². The highest BCUT2D eigenvalue weighted by Gasteiger charge is 2.34. The summed E-state index contributed by atoms with van der Waals surface area (Å²) in [7, 11) is 1.71. The van der Waals surface area contributed by atoms with Crippen LogP contribution in [0.5, 0.6) is 5.75 Å². The number of ether oxygens (including phenoxy) is 2. The molecule has 1 saturated carbocycles. The first kappa shape index (κ1) is 23.1. The molecule has 1 fully saturated rings. The average Bonchev–Trinajstić information content (AvgIpc) is 3.34. The summed E-state index contributed by atoms with van der Waals surface area (Å²) in [6.07, 6.45) is 3.94. The number of rotatable bonds is 7. The molecule has 0 radical (unpaired) electrons. The number of amides is 1. The van der Waals surface area contributed by atoms with E-state index in [0.717, 1.165) is 54.9 Å². The number of carbonyl (C=O) groups excluding carboxylic acids is 1. The zero-order valence-electron chi connectivity index (χ0n) is 19.6. The summed E-state index contributed by atoms with van der Waals surface area (Å²) < 4.78 is 27.0. The van der Waals surface area contributed by atoms with Gasteiger partial charge in [-0.1, -0.05) is 11.6 Å². The lowest BCUT2D eigenvalue weighted by Gasteiger charge is -2.36. The standard InChI is InChI=1S/C25H28ClFN4O3/c1-14-23(26)15(2)31-24(28-14)20-12-30(13-21(20)29-31)25(32)19-7-6-17(27)11-22(19)34-18-9-16(10-18)5-4-8-33-3/h6-7,11,16,18H,4-5,8-10,12-13H2,1-3H3. The molecule has 2 aliphatic rings.